The molecule has 2 aromatic rings. The fourth-order valence-corrected chi connectivity index (χ4v) is 1.70. The lowest BCUT2D eigenvalue weighted by atomic mass is 9.87. The van der Waals surface area contributed by atoms with Gasteiger partial charge in [-0.2, -0.15) is 13.8 Å². The number of ether oxygens (including phenoxy) is 1. The van der Waals surface area contributed by atoms with Crippen LogP contribution in [0.3, 0.4) is 0 Å². The second-order valence-corrected chi connectivity index (χ2v) is 5.68. The number of alkyl halides is 2. The summed E-state index contributed by atoms with van der Waals surface area (Å²) in [5.41, 5.74) is 6.10. The average molecular weight is 297 g/mol. The monoisotopic (exact) mass is 297 g/mol. The minimum absolute atomic E-state index is 0.0213. The van der Waals surface area contributed by atoms with Crippen LogP contribution in [-0.4, -0.2) is 16.8 Å². The largest absolute Gasteiger partial charge is 0.434 e. The molecule has 0 fully saturated rings. The Balaban J connectivity index is 2.34. The van der Waals surface area contributed by atoms with E-state index in [4.69, 9.17) is 10.3 Å². The van der Waals surface area contributed by atoms with Gasteiger partial charge in [-0.05, 0) is 17.5 Å². The van der Waals surface area contributed by atoms with E-state index in [1.54, 1.807) is 18.2 Å². The van der Waals surface area contributed by atoms with Gasteiger partial charge in [0.25, 0.3) is 5.89 Å². The van der Waals surface area contributed by atoms with E-state index in [1.807, 2.05) is 20.8 Å². The lowest BCUT2D eigenvalue weighted by Gasteiger charge is -2.23. The molecule has 2 N–H and O–H groups in total. The summed E-state index contributed by atoms with van der Waals surface area (Å²) in [5, 5.41) is 3.83. The molecule has 0 radical (unpaired) electrons. The third-order valence-electron chi connectivity index (χ3n) is 2.99. The van der Waals surface area contributed by atoms with Crippen LogP contribution in [0, 0.1) is 5.41 Å². The fraction of sp³-hybridized carbons (Fsp3) is 0.429. The van der Waals surface area contributed by atoms with Gasteiger partial charge in [0.1, 0.15) is 5.75 Å². The molecule has 0 spiro atoms. The molecule has 114 valence electrons. The number of nitrogens with two attached hydrogens (primary N) is 1. The summed E-state index contributed by atoms with van der Waals surface area (Å²) in [6.45, 7) is 2.91. The van der Waals surface area contributed by atoms with Gasteiger partial charge in [-0.3, -0.25) is 0 Å². The molecular weight excluding hydrogens is 280 g/mol. The van der Waals surface area contributed by atoms with Gasteiger partial charge in [-0.1, -0.05) is 38.1 Å². The predicted octanol–water partition coefficient (Wildman–Crippen LogP) is 3.38. The van der Waals surface area contributed by atoms with E-state index in [-0.39, 0.29) is 17.1 Å². The highest BCUT2D eigenvalue weighted by molar-refractivity contribution is 5.62. The molecule has 2 rings (SSSR count). The molecular formula is C14H17F2N3O2. The molecule has 1 atom stereocenters. The Labute approximate surface area is 121 Å². The number of benzene rings is 1. The van der Waals surface area contributed by atoms with Crippen LogP contribution >= 0.6 is 0 Å². The van der Waals surface area contributed by atoms with E-state index in [0.717, 1.165) is 0 Å². The van der Waals surface area contributed by atoms with Crippen molar-refractivity contribution in [1.82, 2.24) is 10.1 Å². The third-order valence-corrected chi connectivity index (χ3v) is 2.99. The number of aromatic nitrogens is 2. The van der Waals surface area contributed by atoms with Crippen LogP contribution in [0.15, 0.2) is 28.8 Å². The van der Waals surface area contributed by atoms with Crippen LogP contribution in [0.25, 0.3) is 11.5 Å². The molecule has 7 heteroatoms. The zero-order valence-corrected chi connectivity index (χ0v) is 12.0. The molecule has 0 aliphatic rings. The zero-order valence-electron chi connectivity index (χ0n) is 12.0. The Kier molecular flexibility index (Phi) is 4.22. The van der Waals surface area contributed by atoms with Crippen molar-refractivity contribution in [2.75, 3.05) is 0 Å². The smallest absolute Gasteiger partial charge is 0.387 e. The number of para-hydroxylation sites is 1. The summed E-state index contributed by atoms with van der Waals surface area (Å²) in [5.74, 6) is 0.400. The number of hydrogen-bond acceptors (Lipinski definition) is 5. The Hall–Kier alpha value is -2.02. The minimum atomic E-state index is -2.93. The standard InChI is InChI=1S/C14H17F2N3O2/c1-14(2,3)10(17)11-18-12(21-19-11)8-6-4-5-7-9(8)20-13(15)16/h4-7,10,13H,17H2,1-3H3. The first kappa shape index (κ1) is 15.4. The number of halogens is 2. The van der Waals surface area contributed by atoms with E-state index >= 15 is 0 Å². The summed E-state index contributed by atoms with van der Waals surface area (Å²) in [4.78, 5) is 4.19. The summed E-state index contributed by atoms with van der Waals surface area (Å²) < 4.78 is 34.4. The van der Waals surface area contributed by atoms with E-state index < -0.39 is 12.7 Å². The van der Waals surface area contributed by atoms with Gasteiger partial charge in [0, 0.05) is 0 Å². The van der Waals surface area contributed by atoms with Crippen LogP contribution in [0.4, 0.5) is 8.78 Å². The predicted molar refractivity (Wildman–Crippen MR) is 72.7 cm³/mol. The molecule has 1 heterocycles. The molecule has 0 bridgehead atoms. The quantitative estimate of drug-likeness (QED) is 0.936. The first-order valence-corrected chi connectivity index (χ1v) is 6.42. The highest BCUT2D eigenvalue weighted by Gasteiger charge is 2.27. The second kappa shape index (κ2) is 5.77. The fourth-order valence-electron chi connectivity index (χ4n) is 1.70. The van der Waals surface area contributed by atoms with Gasteiger partial charge < -0.3 is 15.0 Å². The normalized spacial score (nSPS) is 13.5. The highest BCUT2D eigenvalue weighted by Crippen LogP contribution is 2.33. The van der Waals surface area contributed by atoms with Crippen LogP contribution in [-0.2, 0) is 0 Å². The van der Waals surface area contributed by atoms with Crippen LogP contribution in [0.5, 0.6) is 5.75 Å². The molecule has 1 unspecified atom stereocenters. The number of rotatable bonds is 4. The Bertz CT molecular complexity index is 608. The Morgan fingerprint density at radius 3 is 2.52 bits per heavy atom. The van der Waals surface area contributed by atoms with E-state index in [9.17, 15) is 8.78 Å². The maximum Gasteiger partial charge on any atom is 0.387 e. The van der Waals surface area contributed by atoms with Crippen molar-refractivity contribution in [3.05, 3.63) is 30.1 Å². The second-order valence-electron chi connectivity index (χ2n) is 5.68. The van der Waals surface area contributed by atoms with Gasteiger partial charge in [-0.15, -0.1) is 0 Å². The summed E-state index contributed by atoms with van der Waals surface area (Å²) in [6, 6.07) is 5.80. The van der Waals surface area contributed by atoms with Crippen molar-refractivity contribution in [1.29, 1.82) is 0 Å². The SMILES string of the molecule is CC(C)(C)C(N)c1noc(-c2ccccc2OC(F)F)n1. The Morgan fingerprint density at radius 2 is 1.90 bits per heavy atom. The summed E-state index contributed by atoms with van der Waals surface area (Å²) in [7, 11) is 0. The maximum atomic E-state index is 12.4. The van der Waals surface area contributed by atoms with Crippen LogP contribution in [0.1, 0.15) is 32.6 Å². The lowest BCUT2D eigenvalue weighted by Crippen LogP contribution is -2.27. The van der Waals surface area contributed by atoms with Gasteiger partial charge in [0.2, 0.25) is 0 Å². The van der Waals surface area contributed by atoms with Crippen molar-refractivity contribution in [2.45, 2.75) is 33.4 Å². The molecule has 0 aliphatic carbocycles. The summed E-state index contributed by atoms with van der Waals surface area (Å²) in [6.07, 6.45) is 0. The molecule has 0 saturated heterocycles. The first-order valence-electron chi connectivity index (χ1n) is 6.42. The first-order chi connectivity index (χ1) is 9.79. The topological polar surface area (TPSA) is 74.2 Å². The zero-order chi connectivity index (χ0) is 15.6. The highest BCUT2D eigenvalue weighted by atomic mass is 19.3. The molecule has 0 aliphatic heterocycles. The molecule has 0 saturated carbocycles. The van der Waals surface area contributed by atoms with Crippen molar-refractivity contribution in [2.24, 2.45) is 11.1 Å². The average Bonchev–Trinajstić information content (AvgIpc) is 2.86. The molecule has 1 aromatic carbocycles. The molecule has 5 nitrogen and oxygen atoms in total. The Morgan fingerprint density at radius 1 is 1.24 bits per heavy atom. The van der Waals surface area contributed by atoms with E-state index in [2.05, 4.69) is 14.9 Å². The van der Waals surface area contributed by atoms with Crippen LogP contribution < -0.4 is 10.5 Å². The van der Waals surface area contributed by atoms with Crippen molar-refractivity contribution >= 4 is 0 Å². The molecule has 0 amide bonds. The van der Waals surface area contributed by atoms with Crippen molar-refractivity contribution < 1.29 is 18.0 Å². The van der Waals surface area contributed by atoms with Crippen molar-refractivity contribution in [3.63, 3.8) is 0 Å². The van der Waals surface area contributed by atoms with E-state index in [1.165, 1.54) is 6.07 Å². The lowest BCUT2D eigenvalue weighted by molar-refractivity contribution is -0.0495. The van der Waals surface area contributed by atoms with Gasteiger partial charge in [-0.25, -0.2) is 0 Å². The third kappa shape index (κ3) is 3.55. The maximum absolute atomic E-state index is 12.4. The summed E-state index contributed by atoms with van der Waals surface area (Å²) >= 11 is 0. The van der Waals surface area contributed by atoms with Crippen molar-refractivity contribution in [3.8, 4) is 17.2 Å². The number of hydrogen-bond donors (Lipinski definition) is 1. The van der Waals surface area contributed by atoms with Gasteiger partial charge in [0.15, 0.2) is 5.82 Å². The van der Waals surface area contributed by atoms with Crippen LogP contribution in [0.2, 0.25) is 0 Å². The molecule has 1 aromatic heterocycles. The number of nitrogens with zero attached hydrogens (tertiary/aromatic N) is 2. The minimum Gasteiger partial charge on any atom is -0.434 e. The van der Waals surface area contributed by atoms with Gasteiger partial charge in [0.05, 0.1) is 11.6 Å². The molecule has 21 heavy (non-hydrogen) atoms. The van der Waals surface area contributed by atoms with Gasteiger partial charge >= 0.3 is 6.61 Å². The van der Waals surface area contributed by atoms with E-state index in [0.29, 0.717) is 11.4 Å².